The monoisotopic (exact) mass is 438 g/mol. The number of anilines is 1. The smallest absolute Gasteiger partial charge is 0.412 e. The normalized spacial score (nSPS) is 18.1. The molecule has 0 unspecified atom stereocenters. The number of carbonyl (C=O) groups is 2. The van der Waals surface area contributed by atoms with Gasteiger partial charge in [-0.05, 0) is 75.6 Å². The molecule has 7 nitrogen and oxygen atoms in total. The van der Waals surface area contributed by atoms with Crippen LogP contribution in [0.4, 0.5) is 10.5 Å². The first-order valence-electron chi connectivity index (χ1n) is 11.1. The highest BCUT2D eigenvalue weighted by Gasteiger charge is 2.31. The van der Waals surface area contributed by atoms with Crippen molar-refractivity contribution in [1.82, 2.24) is 4.90 Å². The Bertz CT molecular complexity index is 981. The second-order valence-corrected chi connectivity index (χ2v) is 9.12. The van der Waals surface area contributed by atoms with Gasteiger partial charge in [0.15, 0.2) is 11.5 Å². The molecule has 0 aliphatic carbocycles. The maximum atomic E-state index is 13.3. The molecular formula is C25H30N2O5. The minimum Gasteiger partial charge on any atom is -0.490 e. The van der Waals surface area contributed by atoms with Crippen LogP contribution in [0.2, 0.25) is 0 Å². The predicted octanol–water partition coefficient (Wildman–Crippen LogP) is 5.17. The minimum atomic E-state index is -0.572. The number of hydrogen-bond acceptors (Lipinski definition) is 5. The zero-order valence-corrected chi connectivity index (χ0v) is 18.8. The zero-order valence-electron chi connectivity index (χ0n) is 18.8. The van der Waals surface area contributed by atoms with Crippen molar-refractivity contribution < 1.29 is 23.8 Å². The molecule has 2 amide bonds. The number of fused-ring (bicyclic) bond motifs is 1. The third-order valence-corrected chi connectivity index (χ3v) is 5.45. The molecule has 32 heavy (non-hydrogen) atoms. The van der Waals surface area contributed by atoms with E-state index in [0.29, 0.717) is 31.0 Å². The molecule has 1 atom stereocenters. The van der Waals surface area contributed by atoms with Crippen molar-refractivity contribution in [2.24, 2.45) is 0 Å². The Morgan fingerprint density at radius 3 is 2.44 bits per heavy atom. The molecular weight excluding hydrogens is 408 g/mol. The van der Waals surface area contributed by atoms with E-state index in [4.69, 9.17) is 14.2 Å². The SMILES string of the molecule is CC(C)(C)OC(=O)Nc1ccc(C(=O)N2CCC[C@@H]2c2ccc3c(c2)OCCCO3)cc1. The Morgan fingerprint density at radius 1 is 1.00 bits per heavy atom. The van der Waals surface area contributed by atoms with Gasteiger partial charge in [0.25, 0.3) is 5.91 Å². The lowest BCUT2D eigenvalue weighted by Gasteiger charge is -2.26. The van der Waals surface area contributed by atoms with E-state index in [0.717, 1.165) is 36.3 Å². The summed E-state index contributed by atoms with van der Waals surface area (Å²) in [7, 11) is 0. The molecule has 170 valence electrons. The largest absolute Gasteiger partial charge is 0.490 e. The van der Waals surface area contributed by atoms with Crippen LogP contribution in [0.15, 0.2) is 42.5 Å². The van der Waals surface area contributed by atoms with Gasteiger partial charge in [-0.1, -0.05) is 6.07 Å². The Labute approximate surface area is 188 Å². The number of carbonyl (C=O) groups excluding carboxylic acids is 2. The van der Waals surface area contributed by atoms with Crippen LogP contribution in [0, 0.1) is 0 Å². The van der Waals surface area contributed by atoms with Gasteiger partial charge in [-0.15, -0.1) is 0 Å². The molecule has 1 fully saturated rings. The van der Waals surface area contributed by atoms with Crippen molar-refractivity contribution in [1.29, 1.82) is 0 Å². The van der Waals surface area contributed by atoms with E-state index in [-0.39, 0.29) is 11.9 Å². The number of nitrogens with zero attached hydrogens (tertiary/aromatic N) is 1. The molecule has 1 N–H and O–H groups in total. The number of likely N-dealkylation sites (tertiary alicyclic amines) is 1. The third-order valence-electron chi connectivity index (χ3n) is 5.45. The first kappa shape index (κ1) is 22.0. The number of benzene rings is 2. The van der Waals surface area contributed by atoms with Crippen LogP contribution in [-0.4, -0.2) is 42.3 Å². The van der Waals surface area contributed by atoms with E-state index in [1.54, 1.807) is 24.3 Å². The van der Waals surface area contributed by atoms with Crippen molar-refractivity contribution in [3.05, 3.63) is 53.6 Å². The Hall–Kier alpha value is -3.22. The van der Waals surface area contributed by atoms with E-state index in [9.17, 15) is 9.59 Å². The molecule has 0 bridgehead atoms. The van der Waals surface area contributed by atoms with Crippen molar-refractivity contribution in [2.45, 2.75) is 51.7 Å². The fraction of sp³-hybridized carbons (Fsp3) is 0.440. The van der Waals surface area contributed by atoms with Gasteiger partial charge in [0, 0.05) is 24.2 Å². The van der Waals surface area contributed by atoms with E-state index < -0.39 is 11.7 Å². The van der Waals surface area contributed by atoms with E-state index in [2.05, 4.69) is 5.32 Å². The van der Waals surface area contributed by atoms with Crippen molar-refractivity contribution >= 4 is 17.7 Å². The van der Waals surface area contributed by atoms with Crippen LogP contribution in [-0.2, 0) is 4.74 Å². The molecule has 2 aliphatic rings. The number of hydrogen-bond donors (Lipinski definition) is 1. The topological polar surface area (TPSA) is 77.1 Å². The molecule has 0 saturated carbocycles. The lowest BCUT2D eigenvalue weighted by molar-refractivity contribution is 0.0635. The van der Waals surface area contributed by atoms with Crippen LogP contribution >= 0.6 is 0 Å². The van der Waals surface area contributed by atoms with Crippen LogP contribution in [0.3, 0.4) is 0 Å². The molecule has 2 aliphatic heterocycles. The summed E-state index contributed by atoms with van der Waals surface area (Å²) in [5.41, 5.74) is 1.65. The zero-order chi connectivity index (χ0) is 22.7. The van der Waals surface area contributed by atoms with Crippen LogP contribution in [0.5, 0.6) is 11.5 Å². The summed E-state index contributed by atoms with van der Waals surface area (Å²) in [6, 6.07) is 12.9. The molecule has 4 rings (SSSR count). The highest BCUT2D eigenvalue weighted by molar-refractivity contribution is 5.95. The third kappa shape index (κ3) is 5.15. The molecule has 2 aromatic rings. The van der Waals surface area contributed by atoms with Gasteiger partial charge in [0.2, 0.25) is 0 Å². The van der Waals surface area contributed by atoms with Gasteiger partial charge in [0.05, 0.1) is 19.3 Å². The van der Waals surface area contributed by atoms with Crippen molar-refractivity contribution in [2.75, 3.05) is 25.1 Å². The lowest BCUT2D eigenvalue weighted by Crippen LogP contribution is -2.30. The average molecular weight is 439 g/mol. The summed E-state index contributed by atoms with van der Waals surface area (Å²) < 4.78 is 16.8. The first-order chi connectivity index (χ1) is 15.3. The van der Waals surface area contributed by atoms with Gasteiger partial charge in [-0.3, -0.25) is 10.1 Å². The summed E-state index contributed by atoms with van der Waals surface area (Å²) in [4.78, 5) is 27.1. The summed E-state index contributed by atoms with van der Waals surface area (Å²) in [5, 5.41) is 2.69. The van der Waals surface area contributed by atoms with Gasteiger partial charge < -0.3 is 19.1 Å². The van der Waals surface area contributed by atoms with Crippen LogP contribution in [0.1, 0.15) is 62.0 Å². The maximum absolute atomic E-state index is 13.3. The van der Waals surface area contributed by atoms with E-state index >= 15 is 0 Å². The number of ether oxygens (including phenoxy) is 3. The Balaban J connectivity index is 1.46. The summed E-state index contributed by atoms with van der Waals surface area (Å²) in [5.74, 6) is 1.48. The molecule has 0 aromatic heterocycles. The lowest BCUT2D eigenvalue weighted by atomic mass is 10.0. The van der Waals surface area contributed by atoms with Crippen molar-refractivity contribution in [3.63, 3.8) is 0 Å². The summed E-state index contributed by atoms with van der Waals surface area (Å²) >= 11 is 0. The maximum Gasteiger partial charge on any atom is 0.412 e. The van der Waals surface area contributed by atoms with Crippen LogP contribution in [0.25, 0.3) is 0 Å². The van der Waals surface area contributed by atoms with Crippen LogP contribution < -0.4 is 14.8 Å². The molecule has 7 heteroatoms. The van der Waals surface area contributed by atoms with E-state index in [1.807, 2.05) is 43.9 Å². The average Bonchev–Trinajstić information content (AvgIpc) is 3.11. The van der Waals surface area contributed by atoms with E-state index in [1.165, 1.54) is 0 Å². The highest BCUT2D eigenvalue weighted by atomic mass is 16.6. The number of amides is 2. The minimum absolute atomic E-state index is 0.000724. The molecule has 0 spiro atoms. The first-order valence-corrected chi connectivity index (χ1v) is 11.1. The van der Waals surface area contributed by atoms with Gasteiger partial charge >= 0.3 is 6.09 Å². The van der Waals surface area contributed by atoms with Gasteiger partial charge in [-0.25, -0.2) is 4.79 Å². The number of rotatable bonds is 3. The van der Waals surface area contributed by atoms with Gasteiger partial charge in [0.1, 0.15) is 5.60 Å². The molecule has 2 heterocycles. The van der Waals surface area contributed by atoms with Gasteiger partial charge in [-0.2, -0.15) is 0 Å². The standard InChI is InChI=1S/C25H30N2O5/c1-25(2,3)32-24(29)26-19-10-7-17(8-11-19)23(28)27-13-4-6-20(27)18-9-12-21-22(16-18)31-15-5-14-30-21/h7-12,16,20H,4-6,13-15H2,1-3H3,(H,26,29)/t20-/m1/s1. The predicted molar refractivity (Wildman–Crippen MR) is 121 cm³/mol. The molecule has 2 aromatic carbocycles. The number of nitrogens with one attached hydrogen (secondary N) is 1. The Kier molecular flexibility index (Phi) is 6.26. The second kappa shape index (κ2) is 9.10. The fourth-order valence-electron chi connectivity index (χ4n) is 4.03. The van der Waals surface area contributed by atoms with Crippen molar-refractivity contribution in [3.8, 4) is 11.5 Å². The fourth-order valence-corrected chi connectivity index (χ4v) is 4.03. The Morgan fingerprint density at radius 2 is 1.72 bits per heavy atom. The quantitative estimate of drug-likeness (QED) is 0.715. The molecule has 1 saturated heterocycles. The summed E-state index contributed by atoms with van der Waals surface area (Å²) in [6.45, 7) is 7.42. The highest BCUT2D eigenvalue weighted by Crippen LogP contribution is 2.38. The second-order valence-electron chi connectivity index (χ2n) is 9.12. The summed E-state index contributed by atoms with van der Waals surface area (Å²) in [6.07, 6.45) is 2.19. The molecule has 0 radical (unpaired) electrons.